The maximum Gasteiger partial charge on any atom is 0.0549 e. The first kappa shape index (κ1) is 31.5. The van der Waals surface area contributed by atoms with Crippen LogP contribution in [0, 0.1) is 0 Å². The largest absolute Gasteiger partial charge is 0.310 e. The molecule has 0 unspecified atom stereocenters. The molecule has 0 atom stereocenters. The second kappa shape index (κ2) is 11.7. The van der Waals surface area contributed by atoms with Crippen LogP contribution in [0.2, 0.25) is 0 Å². The van der Waals surface area contributed by atoms with Gasteiger partial charge in [0.25, 0.3) is 0 Å². The number of hydrogen-bond donors (Lipinski definition) is 0. The van der Waals surface area contributed by atoms with Gasteiger partial charge in [-0.3, -0.25) is 0 Å². The predicted octanol–water partition coefficient (Wildman–Crippen LogP) is 14.3. The molecule has 0 fully saturated rings. The summed E-state index contributed by atoms with van der Waals surface area (Å²) in [4.78, 5) is 2.48. The SMILES string of the molecule is CC1(C)c2ccccc2-c2c(-c3ccc(N(c4ccc(-c5ccccc5)cc4)c4cc5ccccc5c5c4-c4ccccc4C5(C)C)cc3)cccc21. The molecule has 2 aliphatic carbocycles. The first-order valence-electron chi connectivity index (χ1n) is 18.8. The summed E-state index contributed by atoms with van der Waals surface area (Å²) >= 11 is 0. The van der Waals surface area contributed by atoms with Crippen molar-refractivity contribution in [1.29, 1.82) is 0 Å². The molecule has 0 radical (unpaired) electrons. The summed E-state index contributed by atoms with van der Waals surface area (Å²) in [7, 11) is 0. The molecule has 0 amide bonds. The smallest absolute Gasteiger partial charge is 0.0549 e. The van der Waals surface area contributed by atoms with Crippen molar-refractivity contribution in [3.05, 3.63) is 198 Å². The van der Waals surface area contributed by atoms with Gasteiger partial charge in [0.1, 0.15) is 0 Å². The van der Waals surface area contributed by atoms with E-state index >= 15 is 0 Å². The molecule has 254 valence electrons. The van der Waals surface area contributed by atoms with Gasteiger partial charge in [-0.25, -0.2) is 0 Å². The molecule has 0 N–H and O–H groups in total. The molecule has 1 heteroatoms. The van der Waals surface area contributed by atoms with Gasteiger partial charge in [-0.05, 0) is 102 Å². The average Bonchev–Trinajstić information content (AvgIpc) is 3.59. The maximum atomic E-state index is 2.48. The molecule has 8 aromatic rings. The molecule has 0 bridgehead atoms. The van der Waals surface area contributed by atoms with Crippen LogP contribution in [0.5, 0.6) is 0 Å². The molecule has 0 heterocycles. The van der Waals surface area contributed by atoms with E-state index in [1.54, 1.807) is 0 Å². The Morgan fingerprint density at radius 1 is 0.377 bits per heavy atom. The summed E-state index contributed by atoms with van der Waals surface area (Å²) in [5.41, 5.74) is 19.1. The van der Waals surface area contributed by atoms with Gasteiger partial charge in [-0.1, -0.05) is 173 Å². The van der Waals surface area contributed by atoms with Gasteiger partial charge in [-0.2, -0.15) is 0 Å². The van der Waals surface area contributed by atoms with Gasteiger partial charge in [-0.15, -0.1) is 0 Å². The van der Waals surface area contributed by atoms with Gasteiger partial charge in [0.05, 0.1) is 5.69 Å². The van der Waals surface area contributed by atoms with Gasteiger partial charge in [0.15, 0.2) is 0 Å². The second-order valence-electron chi connectivity index (χ2n) is 15.7. The highest BCUT2D eigenvalue weighted by atomic mass is 15.1. The van der Waals surface area contributed by atoms with Gasteiger partial charge < -0.3 is 4.90 Å². The van der Waals surface area contributed by atoms with Crippen LogP contribution in [0.4, 0.5) is 17.1 Å². The highest BCUT2D eigenvalue weighted by Gasteiger charge is 2.40. The summed E-state index contributed by atoms with van der Waals surface area (Å²) in [5, 5.41) is 2.58. The Balaban J connectivity index is 1.18. The number of rotatable bonds is 5. The van der Waals surface area contributed by atoms with Gasteiger partial charge in [0.2, 0.25) is 0 Å². The third-order valence-electron chi connectivity index (χ3n) is 12.0. The summed E-state index contributed by atoms with van der Waals surface area (Å²) in [6.45, 7) is 9.48. The van der Waals surface area contributed by atoms with E-state index in [4.69, 9.17) is 0 Å². The lowest BCUT2D eigenvalue weighted by molar-refractivity contribution is 0.660. The topological polar surface area (TPSA) is 3.24 Å². The van der Waals surface area contributed by atoms with Crippen molar-refractivity contribution in [3.63, 3.8) is 0 Å². The summed E-state index contributed by atoms with van der Waals surface area (Å²) in [6, 6.07) is 65.1. The quantitative estimate of drug-likeness (QED) is 0.175. The lowest BCUT2D eigenvalue weighted by Gasteiger charge is -2.30. The molecular formula is C52H41N. The van der Waals surface area contributed by atoms with E-state index in [1.165, 1.54) is 83.2 Å². The van der Waals surface area contributed by atoms with Gasteiger partial charge in [0, 0.05) is 27.8 Å². The molecule has 10 rings (SSSR count). The Morgan fingerprint density at radius 2 is 0.887 bits per heavy atom. The van der Waals surface area contributed by atoms with E-state index < -0.39 is 0 Å². The van der Waals surface area contributed by atoms with Crippen LogP contribution in [-0.4, -0.2) is 0 Å². The first-order valence-corrected chi connectivity index (χ1v) is 18.8. The molecule has 2 aliphatic rings. The minimum absolute atomic E-state index is 0.0366. The van der Waals surface area contributed by atoms with E-state index in [1.807, 2.05) is 0 Å². The molecule has 8 aromatic carbocycles. The number of hydrogen-bond acceptors (Lipinski definition) is 1. The number of benzene rings is 8. The van der Waals surface area contributed by atoms with Crippen LogP contribution in [0.25, 0.3) is 55.3 Å². The molecule has 0 aromatic heterocycles. The zero-order chi connectivity index (χ0) is 35.9. The Hall–Kier alpha value is -6.18. The minimum Gasteiger partial charge on any atom is -0.310 e. The zero-order valence-corrected chi connectivity index (χ0v) is 30.7. The van der Waals surface area contributed by atoms with Crippen LogP contribution < -0.4 is 4.90 Å². The summed E-state index contributed by atoms with van der Waals surface area (Å²) in [5.74, 6) is 0. The minimum atomic E-state index is -0.147. The lowest BCUT2D eigenvalue weighted by Crippen LogP contribution is -2.16. The van der Waals surface area contributed by atoms with Crippen LogP contribution in [-0.2, 0) is 10.8 Å². The molecule has 0 saturated heterocycles. The van der Waals surface area contributed by atoms with E-state index in [2.05, 4.69) is 209 Å². The van der Waals surface area contributed by atoms with Crippen molar-refractivity contribution in [2.75, 3.05) is 4.90 Å². The van der Waals surface area contributed by atoms with E-state index in [9.17, 15) is 0 Å². The van der Waals surface area contributed by atoms with Crippen LogP contribution in [0.3, 0.4) is 0 Å². The Bertz CT molecular complexity index is 2700. The molecular weight excluding hydrogens is 639 g/mol. The third-order valence-corrected chi connectivity index (χ3v) is 12.0. The van der Waals surface area contributed by atoms with Crippen LogP contribution in [0.1, 0.15) is 49.9 Å². The van der Waals surface area contributed by atoms with Crippen molar-refractivity contribution in [2.45, 2.75) is 38.5 Å². The lowest BCUT2D eigenvalue weighted by atomic mass is 9.80. The first-order chi connectivity index (χ1) is 25.8. The number of nitrogens with zero attached hydrogens (tertiary/aromatic N) is 1. The Kier molecular flexibility index (Phi) is 6.94. The Morgan fingerprint density at radius 3 is 1.58 bits per heavy atom. The molecule has 0 aliphatic heterocycles. The van der Waals surface area contributed by atoms with Crippen molar-refractivity contribution >= 4 is 27.8 Å². The fourth-order valence-corrected chi connectivity index (χ4v) is 9.46. The Labute approximate surface area is 312 Å². The van der Waals surface area contributed by atoms with Crippen molar-refractivity contribution < 1.29 is 0 Å². The monoisotopic (exact) mass is 679 g/mol. The normalized spacial score (nSPS) is 14.3. The van der Waals surface area contributed by atoms with Crippen LogP contribution in [0.15, 0.2) is 176 Å². The summed E-state index contributed by atoms with van der Waals surface area (Å²) < 4.78 is 0. The standard InChI is InChI=1S/C52H41N/c1-51(2)44-22-12-10-19-42(44)48-40(21-14-24-46(48)51)36-27-31-39(32-28-36)53(38-29-25-35(26-30-38)34-15-6-5-7-16-34)47-33-37-17-8-9-18-41(37)50-49(47)43-20-11-13-23-45(43)52(50,3)4/h5-33H,1-4H3. The van der Waals surface area contributed by atoms with Crippen LogP contribution >= 0.6 is 0 Å². The van der Waals surface area contributed by atoms with Gasteiger partial charge >= 0.3 is 0 Å². The fraction of sp³-hybridized carbons (Fsp3) is 0.115. The second-order valence-corrected chi connectivity index (χ2v) is 15.7. The predicted molar refractivity (Wildman–Crippen MR) is 225 cm³/mol. The highest BCUT2D eigenvalue weighted by molar-refractivity contribution is 6.06. The summed E-state index contributed by atoms with van der Waals surface area (Å²) in [6.07, 6.45) is 0. The average molecular weight is 680 g/mol. The highest BCUT2D eigenvalue weighted by Crippen LogP contribution is 2.57. The molecule has 0 saturated carbocycles. The fourth-order valence-electron chi connectivity index (χ4n) is 9.46. The molecule has 0 spiro atoms. The van der Waals surface area contributed by atoms with Crippen molar-refractivity contribution in [1.82, 2.24) is 0 Å². The third kappa shape index (κ3) is 4.70. The van der Waals surface area contributed by atoms with E-state index in [0.717, 1.165) is 11.4 Å². The number of fused-ring (bicyclic) bond motifs is 8. The van der Waals surface area contributed by atoms with Crippen molar-refractivity contribution in [3.8, 4) is 44.5 Å². The zero-order valence-electron chi connectivity index (χ0n) is 30.7. The van der Waals surface area contributed by atoms with E-state index in [-0.39, 0.29) is 10.8 Å². The van der Waals surface area contributed by atoms with Crippen molar-refractivity contribution in [2.24, 2.45) is 0 Å². The van der Waals surface area contributed by atoms with E-state index in [0.29, 0.717) is 0 Å². The molecule has 1 nitrogen and oxygen atoms in total. The number of anilines is 3. The molecule has 53 heavy (non-hydrogen) atoms. The maximum absolute atomic E-state index is 2.48.